The number of unbranched alkanes of at least 4 members (excludes halogenated alkanes) is 1. The second kappa shape index (κ2) is 8.39. The minimum Gasteiger partial charge on any atom is -0.375 e. The first-order valence-corrected chi connectivity index (χ1v) is 7.27. The van der Waals surface area contributed by atoms with E-state index < -0.39 is 0 Å². The van der Waals surface area contributed by atoms with Gasteiger partial charge in [0.15, 0.2) is 0 Å². The van der Waals surface area contributed by atoms with Gasteiger partial charge in [0.05, 0.1) is 0 Å². The third kappa shape index (κ3) is 4.87. The molecule has 0 aliphatic carbocycles. The number of hydrogen-bond acceptors (Lipinski definition) is 2. The molecule has 3 heteroatoms. The average Bonchev–Trinajstić information content (AvgIpc) is 2.38. The van der Waals surface area contributed by atoms with Gasteiger partial charge in [0.25, 0.3) is 0 Å². The summed E-state index contributed by atoms with van der Waals surface area (Å²) >= 11 is 6.32. The molecule has 2 nitrogen and oxygen atoms in total. The van der Waals surface area contributed by atoms with Gasteiger partial charge in [-0.25, -0.2) is 0 Å². The van der Waals surface area contributed by atoms with Gasteiger partial charge in [-0.2, -0.15) is 0 Å². The van der Waals surface area contributed by atoms with Gasteiger partial charge < -0.3 is 10.2 Å². The molecule has 0 spiro atoms. The predicted molar refractivity (Wildman–Crippen MR) is 81.6 cm³/mol. The summed E-state index contributed by atoms with van der Waals surface area (Å²) < 4.78 is 0. The zero-order valence-corrected chi connectivity index (χ0v) is 12.6. The summed E-state index contributed by atoms with van der Waals surface area (Å²) in [7, 11) is 2.12. The van der Waals surface area contributed by atoms with Gasteiger partial charge in [-0.05, 0) is 37.1 Å². The highest BCUT2D eigenvalue weighted by molar-refractivity contribution is 6.31. The molecule has 1 N–H and O–H groups in total. The number of rotatable bonds is 8. The zero-order valence-electron chi connectivity index (χ0n) is 11.8. The summed E-state index contributed by atoms with van der Waals surface area (Å²) in [5.41, 5.74) is 2.38. The Morgan fingerprint density at radius 1 is 1.22 bits per heavy atom. The van der Waals surface area contributed by atoms with E-state index in [1.165, 1.54) is 24.1 Å². The van der Waals surface area contributed by atoms with Gasteiger partial charge in [0.2, 0.25) is 0 Å². The van der Waals surface area contributed by atoms with E-state index in [1.807, 2.05) is 0 Å². The minimum atomic E-state index is 0.853. The summed E-state index contributed by atoms with van der Waals surface area (Å²) in [5, 5.41) is 4.24. The molecule has 1 aromatic carbocycles. The van der Waals surface area contributed by atoms with Crippen LogP contribution in [0.1, 0.15) is 38.7 Å². The van der Waals surface area contributed by atoms with E-state index in [1.54, 1.807) is 0 Å². The minimum absolute atomic E-state index is 0.853. The van der Waals surface area contributed by atoms with Gasteiger partial charge in [-0.15, -0.1) is 0 Å². The highest BCUT2D eigenvalue weighted by Crippen LogP contribution is 2.23. The van der Waals surface area contributed by atoms with Gasteiger partial charge in [0, 0.05) is 30.8 Å². The molecule has 0 saturated carbocycles. The predicted octanol–water partition coefficient (Wildman–Crippen LogP) is 4.08. The molecule has 0 atom stereocenters. The number of halogens is 1. The Balaban J connectivity index is 2.60. The summed E-state index contributed by atoms with van der Waals surface area (Å²) in [4.78, 5) is 2.26. The molecule has 0 saturated heterocycles. The van der Waals surface area contributed by atoms with Crippen LogP contribution in [0.15, 0.2) is 18.2 Å². The largest absolute Gasteiger partial charge is 0.375 e. The van der Waals surface area contributed by atoms with Crippen LogP contribution in [0.5, 0.6) is 0 Å². The summed E-state index contributed by atoms with van der Waals surface area (Å²) in [6.45, 7) is 7.35. The Hall–Kier alpha value is -0.730. The van der Waals surface area contributed by atoms with Crippen molar-refractivity contribution in [3.8, 4) is 0 Å². The first-order chi connectivity index (χ1) is 8.69. The van der Waals surface area contributed by atoms with Crippen LogP contribution in [0.25, 0.3) is 0 Å². The van der Waals surface area contributed by atoms with Crippen molar-refractivity contribution in [3.63, 3.8) is 0 Å². The quantitative estimate of drug-likeness (QED) is 0.715. The van der Waals surface area contributed by atoms with Crippen molar-refractivity contribution in [1.82, 2.24) is 5.32 Å². The van der Waals surface area contributed by atoms with Crippen molar-refractivity contribution in [2.24, 2.45) is 0 Å². The number of anilines is 1. The van der Waals surface area contributed by atoms with E-state index in [-0.39, 0.29) is 0 Å². The van der Waals surface area contributed by atoms with E-state index >= 15 is 0 Å². The highest BCUT2D eigenvalue weighted by atomic mass is 35.5. The van der Waals surface area contributed by atoms with E-state index in [0.29, 0.717) is 0 Å². The molecule has 0 amide bonds. The fraction of sp³-hybridized carbons (Fsp3) is 0.600. The first-order valence-electron chi connectivity index (χ1n) is 6.89. The lowest BCUT2D eigenvalue weighted by molar-refractivity contribution is 0.675. The molecular formula is C15H25ClN2. The summed E-state index contributed by atoms with van der Waals surface area (Å²) in [6.07, 6.45) is 3.58. The van der Waals surface area contributed by atoms with Crippen LogP contribution in [0.3, 0.4) is 0 Å². The number of nitrogens with one attached hydrogen (secondary N) is 1. The van der Waals surface area contributed by atoms with Gasteiger partial charge in [-0.3, -0.25) is 0 Å². The summed E-state index contributed by atoms with van der Waals surface area (Å²) in [6, 6.07) is 6.35. The van der Waals surface area contributed by atoms with Crippen molar-refractivity contribution in [2.75, 3.05) is 25.0 Å². The Morgan fingerprint density at radius 3 is 2.61 bits per heavy atom. The topological polar surface area (TPSA) is 15.3 Å². The standard InChI is InChI=1S/C15H25ClN2/c1-4-6-10-18(3)14-8-7-13(15(16)11-14)12-17-9-5-2/h7-8,11,17H,4-6,9-10,12H2,1-3H3. The second-order valence-corrected chi connectivity index (χ2v) is 5.13. The van der Waals surface area contributed by atoms with E-state index in [2.05, 4.69) is 49.3 Å². The van der Waals surface area contributed by atoms with Crippen molar-refractivity contribution in [3.05, 3.63) is 28.8 Å². The number of nitrogens with zero attached hydrogens (tertiary/aromatic N) is 1. The molecule has 0 unspecified atom stereocenters. The van der Waals surface area contributed by atoms with E-state index in [4.69, 9.17) is 11.6 Å². The molecule has 0 aliphatic heterocycles. The van der Waals surface area contributed by atoms with E-state index in [0.717, 1.165) is 31.1 Å². The normalized spacial score (nSPS) is 10.7. The lowest BCUT2D eigenvalue weighted by Gasteiger charge is -2.20. The van der Waals surface area contributed by atoms with Crippen molar-refractivity contribution < 1.29 is 0 Å². The molecule has 1 rings (SSSR count). The Labute approximate surface area is 116 Å². The van der Waals surface area contributed by atoms with Crippen LogP contribution in [0, 0.1) is 0 Å². The Morgan fingerprint density at radius 2 is 2.00 bits per heavy atom. The van der Waals surface area contributed by atoms with Crippen LogP contribution >= 0.6 is 11.6 Å². The molecule has 0 aromatic heterocycles. The maximum absolute atomic E-state index is 6.32. The van der Waals surface area contributed by atoms with Crippen molar-refractivity contribution >= 4 is 17.3 Å². The van der Waals surface area contributed by atoms with Gasteiger partial charge in [-0.1, -0.05) is 37.9 Å². The molecular weight excluding hydrogens is 244 g/mol. The molecule has 18 heavy (non-hydrogen) atoms. The van der Waals surface area contributed by atoms with E-state index in [9.17, 15) is 0 Å². The Kier molecular flexibility index (Phi) is 7.14. The molecule has 0 aliphatic rings. The van der Waals surface area contributed by atoms with Gasteiger partial charge >= 0.3 is 0 Å². The maximum Gasteiger partial charge on any atom is 0.0471 e. The number of benzene rings is 1. The average molecular weight is 269 g/mol. The lowest BCUT2D eigenvalue weighted by Crippen LogP contribution is -2.18. The zero-order chi connectivity index (χ0) is 13.4. The first kappa shape index (κ1) is 15.3. The highest BCUT2D eigenvalue weighted by Gasteiger charge is 2.05. The molecule has 0 bridgehead atoms. The third-order valence-corrected chi connectivity index (χ3v) is 3.42. The van der Waals surface area contributed by atoms with Crippen LogP contribution in [-0.2, 0) is 6.54 Å². The smallest absolute Gasteiger partial charge is 0.0471 e. The van der Waals surface area contributed by atoms with Crippen LogP contribution < -0.4 is 10.2 Å². The third-order valence-electron chi connectivity index (χ3n) is 3.07. The molecule has 1 aromatic rings. The number of hydrogen-bond donors (Lipinski definition) is 1. The fourth-order valence-corrected chi connectivity index (χ4v) is 2.08. The van der Waals surface area contributed by atoms with Crippen LogP contribution in [-0.4, -0.2) is 20.1 Å². The lowest BCUT2D eigenvalue weighted by atomic mass is 10.2. The van der Waals surface area contributed by atoms with Crippen LogP contribution in [0.2, 0.25) is 5.02 Å². The van der Waals surface area contributed by atoms with Crippen molar-refractivity contribution in [2.45, 2.75) is 39.7 Å². The van der Waals surface area contributed by atoms with Crippen molar-refractivity contribution in [1.29, 1.82) is 0 Å². The molecule has 0 fully saturated rings. The molecule has 0 radical (unpaired) electrons. The maximum atomic E-state index is 6.32. The molecule has 0 heterocycles. The van der Waals surface area contributed by atoms with Crippen LogP contribution in [0.4, 0.5) is 5.69 Å². The van der Waals surface area contributed by atoms with Gasteiger partial charge in [0.1, 0.15) is 0 Å². The summed E-state index contributed by atoms with van der Waals surface area (Å²) in [5.74, 6) is 0. The fourth-order valence-electron chi connectivity index (χ4n) is 1.84. The Bertz CT molecular complexity index is 352. The monoisotopic (exact) mass is 268 g/mol. The second-order valence-electron chi connectivity index (χ2n) is 4.73. The SMILES string of the molecule is CCCCN(C)c1ccc(CNCCC)c(Cl)c1. The molecule has 102 valence electrons.